The van der Waals surface area contributed by atoms with Crippen LogP contribution < -0.4 is 4.90 Å². The van der Waals surface area contributed by atoms with Crippen LogP contribution in [0.3, 0.4) is 0 Å². The quantitative estimate of drug-likeness (QED) is 0.663. The number of hydrogen-bond donors (Lipinski definition) is 0. The van der Waals surface area contributed by atoms with Gasteiger partial charge in [0.1, 0.15) is 0 Å². The molecular weight excluding hydrogens is 362 g/mol. The molecule has 0 spiro atoms. The number of carbonyl (C=O) groups excluding carboxylic acids is 1. The highest BCUT2D eigenvalue weighted by molar-refractivity contribution is 5.89. The van der Waals surface area contributed by atoms with E-state index in [1.807, 2.05) is 31.2 Å². The van der Waals surface area contributed by atoms with Crippen molar-refractivity contribution in [1.29, 1.82) is 0 Å². The summed E-state index contributed by atoms with van der Waals surface area (Å²) in [6.45, 7) is 11.0. The van der Waals surface area contributed by atoms with Crippen LogP contribution in [0, 0.1) is 0 Å². The zero-order chi connectivity index (χ0) is 20.6. The summed E-state index contributed by atoms with van der Waals surface area (Å²) in [5.74, 6) is 0.464. The minimum absolute atomic E-state index is 0.0935. The van der Waals surface area contributed by atoms with Crippen LogP contribution in [0.5, 0.6) is 0 Å². The molecule has 29 heavy (non-hydrogen) atoms. The third-order valence-electron chi connectivity index (χ3n) is 6.08. The van der Waals surface area contributed by atoms with Gasteiger partial charge in [-0.2, -0.15) is 5.10 Å². The number of piperidine rings is 1. The molecule has 0 atom stereocenters. The zero-order valence-electron chi connectivity index (χ0n) is 18.1. The van der Waals surface area contributed by atoms with Crippen molar-refractivity contribution in [2.24, 2.45) is 0 Å². The van der Waals surface area contributed by atoms with Gasteiger partial charge in [0, 0.05) is 35.8 Å². The summed E-state index contributed by atoms with van der Waals surface area (Å²) in [6.07, 6.45) is 4.82. The predicted molar refractivity (Wildman–Crippen MR) is 116 cm³/mol. The van der Waals surface area contributed by atoms with Gasteiger partial charge in [-0.05, 0) is 62.9 Å². The number of benzene rings is 1. The number of ether oxygens (including phenoxy) is 1. The Morgan fingerprint density at radius 2 is 1.76 bits per heavy atom. The van der Waals surface area contributed by atoms with Gasteiger partial charge in [0.05, 0.1) is 23.9 Å². The van der Waals surface area contributed by atoms with Crippen molar-refractivity contribution >= 4 is 11.7 Å². The van der Waals surface area contributed by atoms with Gasteiger partial charge < -0.3 is 9.64 Å². The van der Waals surface area contributed by atoms with Crippen LogP contribution in [0.15, 0.2) is 30.3 Å². The maximum Gasteiger partial charge on any atom is 0.338 e. The van der Waals surface area contributed by atoms with Gasteiger partial charge in [-0.1, -0.05) is 20.8 Å². The Kier molecular flexibility index (Phi) is 5.41. The molecule has 5 nitrogen and oxygen atoms in total. The normalized spacial score (nSPS) is 18.1. The SMILES string of the molecule is CCOC(=O)c1ccc(N2CCC(n3nc(C(C)(C)C)cc3C3CC3)CC2)cc1. The summed E-state index contributed by atoms with van der Waals surface area (Å²) in [7, 11) is 0. The van der Waals surface area contributed by atoms with Crippen LogP contribution in [0.4, 0.5) is 5.69 Å². The molecule has 2 aliphatic rings. The van der Waals surface area contributed by atoms with E-state index < -0.39 is 0 Å². The monoisotopic (exact) mass is 395 g/mol. The summed E-state index contributed by atoms with van der Waals surface area (Å²) in [4.78, 5) is 14.3. The van der Waals surface area contributed by atoms with E-state index in [4.69, 9.17) is 9.84 Å². The lowest BCUT2D eigenvalue weighted by Gasteiger charge is -2.34. The van der Waals surface area contributed by atoms with E-state index in [9.17, 15) is 4.79 Å². The van der Waals surface area contributed by atoms with Gasteiger partial charge in [0.25, 0.3) is 0 Å². The summed E-state index contributed by atoms with van der Waals surface area (Å²) in [5.41, 5.74) is 4.56. The Hall–Kier alpha value is -2.30. The molecule has 1 saturated heterocycles. The maximum absolute atomic E-state index is 11.9. The lowest BCUT2D eigenvalue weighted by molar-refractivity contribution is 0.0526. The van der Waals surface area contributed by atoms with Crippen LogP contribution >= 0.6 is 0 Å². The molecular formula is C24H33N3O2. The number of hydrogen-bond acceptors (Lipinski definition) is 4. The fraction of sp³-hybridized carbons (Fsp3) is 0.583. The average molecular weight is 396 g/mol. The first-order valence-corrected chi connectivity index (χ1v) is 11.0. The van der Waals surface area contributed by atoms with Crippen molar-refractivity contribution in [3.63, 3.8) is 0 Å². The third-order valence-corrected chi connectivity index (χ3v) is 6.08. The van der Waals surface area contributed by atoms with E-state index >= 15 is 0 Å². The summed E-state index contributed by atoms with van der Waals surface area (Å²) in [5, 5.41) is 5.06. The molecule has 1 aliphatic heterocycles. The van der Waals surface area contributed by atoms with E-state index in [1.54, 1.807) is 0 Å². The van der Waals surface area contributed by atoms with Gasteiger partial charge in [-0.15, -0.1) is 0 Å². The molecule has 2 fully saturated rings. The molecule has 0 bridgehead atoms. The maximum atomic E-state index is 11.9. The largest absolute Gasteiger partial charge is 0.462 e. The Balaban J connectivity index is 1.43. The Morgan fingerprint density at radius 1 is 1.10 bits per heavy atom. The van der Waals surface area contributed by atoms with Crippen LogP contribution in [-0.4, -0.2) is 35.4 Å². The Morgan fingerprint density at radius 3 is 2.31 bits per heavy atom. The van der Waals surface area contributed by atoms with Crippen LogP contribution in [-0.2, 0) is 10.2 Å². The van der Waals surface area contributed by atoms with Crippen LogP contribution in [0.1, 0.15) is 87.1 Å². The van der Waals surface area contributed by atoms with Crippen molar-refractivity contribution in [2.75, 3.05) is 24.6 Å². The molecule has 5 heteroatoms. The highest BCUT2D eigenvalue weighted by Gasteiger charge is 2.33. The topological polar surface area (TPSA) is 47.4 Å². The third kappa shape index (κ3) is 4.34. The van der Waals surface area contributed by atoms with Crippen LogP contribution in [0.25, 0.3) is 0 Å². The van der Waals surface area contributed by atoms with E-state index in [-0.39, 0.29) is 11.4 Å². The van der Waals surface area contributed by atoms with E-state index in [0.717, 1.165) is 25.9 Å². The van der Waals surface area contributed by atoms with Gasteiger partial charge in [0.15, 0.2) is 0 Å². The Bertz CT molecular complexity index is 851. The molecule has 0 unspecified atom stereocenters. The number of rotatable bonds is 5. The first kappa shape index (κ1) is 20.0. The van der Waals surface area contributed by atoms with Crippen molar-refractivity contribution in [2.45, 2.75) is 70.8 Å². The van der Waals surface area contributed by atoms with Gasteiger partial charge >= 0.3 is 5.97 Å². The molecule has 1 aliphatic carbocycles. The fourth-order valence-electron chi connectivity index (χ4n) is 4.14. The van der Waals surface area contributed by atoms with E-state index in [1.165, 1.54) is 29.9 Å². The van der Waals surface area contributed by atoms with Crippen molar-refractivity contribution < 1.29 is 9.53 Å². The first-order chi connectivity index (χ1) is 13.9. The number of esters is 1. The van der Waals surface area contributed by atoms with Gasteiger partial charge in [-0.25, -0.2) is 4.79 Å². The lowest BCUT2D eigenvalue weighted by atomic mass is 9.92. The van der Waals surface area contributed by atoms with Crippen molar-refractivity contribution in [1.82, 2.24) is 9.78 Å². The smallest absolute Gasteiger partial charge is 0.338 e. The standard InChI is InChI=1S/C24H33N3O2/c1-5-29-23(28)18-8-10-19(11-9-18)26-14-12-20(13-15-26)27-21(17-6-7-17)16-22(25-27)24(2,3)4/h8-11,16-17,20H,5-7,12-15H2,1-4H3. The minimum atomic E-state index is -0.251. The number of aromatic nitrogens is 2. The molecule has 1 aromatic carbocycles. The molecule has 4 rings (SSSR count). The molecule has 156 valence electrons. The highest BCUT2D eigenvalue weighted by atomic mass is 16.5. The number of nitrogens with zero attached hydrogens (tertiary/aromatic N) is 3. The molecule has 1 aromatic heterocycles. The molecule has 2 aromatic rings. The second-order valence-electron chi connectivity index (χ2n) is 9.41. The minimum Gasteiger partial charge on any atom is -0.462 e. The average Bonchev–Trinajstić information content (AvgIpc) is 3.45. The zero-order valence-corrected chi connectivity index (χ0v) is 18.1. The molecule has 0 amide bonds. The van der Waals surface area contributed by atoms with E-state index in [0.29, 0.717) is 24.1 Å². The number of carbonyl (C=O) groups is 1. The highest BCUT2D eigenvalue weighted by Crippen LogP contribution is 2.43. The Labute approximate surface area is 174 Å². The van der Waals surface area contributed by atoms with Gasteiger partial charge in [0.2, 0.25) is 0 Å². The second kappa shape index (κ2) is 7.85. The summed E-state index contributed by atoms with van der Waals surface area (Å²) in [6, 6.07) is 10.7. The fourth-order valence-corrected chi connectivity index (χ4v) is 4.14. The molecule has 2 heterocycles. The predicted octanol–water partition coefficient (Wildman–Crippen LogP) is 5.08. The lowest BCUT2D eigenvalue weighted by Crippen LogP contribution is -2.35. The summed E-state index contributed by atoms with van der Waals surface area (Å²) >= 11 is 0. The van der Waals surface area contributed by atoms with Crippen molar-refractivity contribution in [3.8, 4) is 0 Å². The molecule has 0 radical (unpaired) electrons. The second-order valence-corrected chi connectivity index (χ2v) is 9.41. The van der Waals surface area contributed by atoms with E-state index in [2.05, 4.69) is 36.4 Å². The van der Waals surface area contributed by atoms with Gasteiger partial charge in [-0.3, -0.25) is 4.68 Å². The van der Waals surface area contributed by atoms with Crippen molar-refractivity contribution in [3.05, 3.63) is 47.3 Å². The molecule has 1 saturated carbocycles. The summed E-state index contributed by atoms with van der Waals surface area (Å²) < 4.78 is 7.44. The molecule has 0 N–H and O–H groups in total. The first-order valence-electron chi connectivity index (χ1n) is 11.0. The van der Waals surface area contributed by atoms with Crippen LogP contribution in [0.2, 0.25) is 0 Å². The number of anilines is 1.